The fourth-order valence-electron chi connectivity index (χ4n) is 2.36. The van der Waals surface area contributed by atoms with E-state index in [1.807, 2.05) is 30.3 Å². The van der Waals surface area contributed by atoms with E-state index in [9.17, 15) is 9.59 Å². The number of nitrogens with zero attached hydrogens (tertiary/aromatic N) is 1. The van der Waals surface area contributed by atoms with Crippen LogP contribution in [-0.2, 0) is 0 Å². The number of halogens is 1. The molecule has 1 aliphatic heterocycles. The van der Waals surface area contributed by atoms with Crippen LogP contribution in [0.2, 0.25) is 5.02 Å². The molecule has 2 aromatic rings. The zero-order chi connectivity index (χ0) is 14.8. The number of fused-ring (bicyclic) bond motifs is 1. The molecule has 0 bridgehead atoms. The van der Waals surface area contributed by atoms with Crippen LogP contribution in [0.25, 0.3) is 0 Å². The van der Waals surface area contributed by atoms with Gasteiger partial charge in [-0.2, -0.15) is 0 Å². The van der Waals surface area contributed by atoms with E-state index < -0.39 is 0 Å². The van der Waals surface area contributed by atoms with Gasteiger partial charge in [0.1, 0.15) is 0 Å². The number of anilines is 2. The largest absolute Gasteiger partial charge is 0.326 e. The molecule has 0 saturated heterocycles. The molecule has 0 fully saturated rings. The molecular weight excluding hydrogens is 288 g/mol. The molecule has 3 rings (SSSR count). The molecule has 106 valence electrons. The van der Waals surface area contributed by atoms with Gasteiger partial charge in [-0.05, 0) is 30.3 Å². The van der Waals surface area contributed by atoms with Crippen LogP contribution in [0.5, 0.6) is 0 Å². The first-order valence-corrected chi connectivity index (χ1v) is 6.99. The van der Waals surface area contributed by atoms with E-state index in [4.69, 9.17) is 11.6 Å². The predicted molar refractivity (Wildman–Crippen MR) is 83.2 cm³/mol. The highest BCUT2D eigenvalue weighted by molar-refractivity contribution is 6.31. The molecule has 0 unspecified atom stereocenters. The van der Waals surface area contributed by atoms with Crippen LogP contribution in [0, 0.1) is 0 Å². The molecule has 2 aromatic carbocycles. The Bertz CT molecular complexity index is 701. The Kier molecular flexibility index (Phi) is 3.62. The molecule has 2 amide bonds. The van der Waals surface area contributed by atoms with Gasteiger partial charge in [-0.3, -0.25) is 9.69 Å². The highest BCUT2D eigenvalue weighted by atomic mass is 35.5. The van der Waals surface area contributed by atoms with Crippen molar-refractivity contribution < 1.29 is 9.59 Å². The summed E-state index contributed by atoms with van der Waals surface area (Å²) in [6.07, 6.45) is 0.301. The molecule has 0 radical (unpaired) electrons. The van der Waals surface area contributed by atoms with Crippen LogP contribution in [-0.4, -0.2) is 18.4 Å². The van der Waals surface area contributed by atoms with E-state index in [1.54, 1.807) is 23.1 Å². The predicted octanol–water partition coefficient (Wildman–Crippen LogP) is 3.96. The number of ketones is 1. The number of amides is 2. The van der Waals surface area contributed by atoms with Gasteiger partial charge in [0.05, 0.1) is 5.69 Å². The van der Waals surface area contributed by atoms with Crippen molar-refractivity contribution in [2.24, 2.45) is 0 Å². The lowest BCUT2D eigenvalue weighted by atomic mass is 10.0. The second-order valence-corrected chi connectivity index (χ2v) is 5.22. The van der Waals surface area contributed by atoms with Crippen molar-refractivity contribution >= 4 is 34.8 Å². The molecule has 0 spiro atoms. The molecule has 0 saturated carbocycles. The van der Waals surface area contributed by atoms with Crippen molar-refractivity contribution in [3.05, 3.63) is 59.1 Å². The number of hydrogen-bond donors (Lipinski definition) is 1. The number of hydrogen-bond acceptors (Lipinski definition) is 2. The Balaban J connectivity index is 1.89. The highest BCUT2D eigenvalue weighted by Crippen LogP contribution is 2.30. The third kappa shape index (κ3) is 2.76. The first kappa shape index (κ1) is 13.6. The maximum Gasteiger partial charge on any atom is 0.326 e. The van der Waals surface area contributed by atoms with E-state index in [2.05, 4.69) is 5.32 Å². The number of rotatable bonds is 1. The Morgan fingerprint density at radius 2 is 1.90 bits per heavy atom. The number of carbonyl (C=O) groups excluding carboxylic acids is 2. The summed E-state index contributed by atoms with van der Waals surface area (Å²) >= 11 is 5.93. The van der Waals surface area contributed by atoms with Gasteiger partial charge in [0, 0.05) is 29.2 Å². The zero-order valence-corrected chi connectivity index (χ0v) is 11.9. The Morgan fingerprint density at radius 1 is 1.14 bits per heavy atom. The van der Waals surface area contributed by atoms with E-state index in [-0.39, 0.29) is 11.8 Å². The summed E-state index contributed by atoms with van der Waals surface area (Å²) in [5, 5.41) is 3.32. The summed E-state index contributed by atoms with van der Waals surface area (Å²) in [5.41, 5.74) is 1.82. The van der Waals surface area contributed by atoms with Crippen molar-refractivity contribution in [2.75, 3.05) is 16.8 Å². The van der Waals surface area contributed by atoms with Crippen molar-refractivity contribution in [1.82, 2.24) is 0 Å². The smallest absolute Gasteiger partial charge is 0.308 e. The van der Waals surface area contributed by atoms with Crippen LogP contribution in [0.15, 0.2) is 48.5 Å². The van der Waals surface area contributed by atoms with Gasteiger partial charge in [-0.15, -0.1) is 0 Å². The Labute approximate surface area is 127 Å². The third-order valence-electron chi connectivity index (χ3n) is 3.38. The molecule has 4 nitrogen and oxygen atoms in total. The van der Waals surface area contributed by atoms with E-state index >= 15 is 0 Å². The van der Waals surface area contributed by atoms with Crippen molar-refractivity contribution in [3.8, 4) is 0 Å². The number of benzene rings is 2. The number of carbonyl (C=O) groups is 2. The van der Waals surface area contributed by atoms with Crippen LogP contribution < -0.4 is 10.2 Å². The van der Waals surface area contributed by atoms with Gasteiger partial charge < -0.3 is 5.32 Å². The number of nitrogens with one attached hydrogen (secondary N) is 1. The lowest BCUT2D eigenvalue weighted by molar-refractivity contribution is 0.0981. The van der Waals surface area contributed by atoms with Gasteiger partial charge in [0.2, 0.25) is 0 Å². The summed E-state index contributed by atoms with van der Waals surface area (Å²) in [6, 6.07) is 14.0. The van der Waals surface area contributed by atoms with Crippen LogP contribution in [0.3, 0.4) is 0 Å². The molecule has 1 aliphatic rings. The normalized spacial score (nSPS) is 13.8. The topological polar surface area (TPSA) is 49.4 Å². The third-order valence-corrected chi connectivity index (χ3v) is 3.62. The molecular formula is C16H13ClN2O2. The molecule has 0 aromatic heterocycles. The number of Topliss-reactive ketones (excluding diaryl/α,β-unsaturated/α-hetero) is 1. The molecule has 1 N–H and O–H groups in total. The van der Waals surface area contributed by atoms with Gasteiger partial charge in [0.15, 0.2) is 5.78 Å². The SMILES string of the molecule is O=C1CCN(C(=O)Nc2ccccc2)c2ccc(Cl)cc21. The summed E-state index contributed by atoms with van der Waals surface area (Å²) in [7, 11) is 0. The molecule has 5 heteroatoms. The second-order valence-electron chi connectivity index (χ2n) is 4.78. The maximum absolute atomic E-state index is 12.4. The first-order chi connectivity index (χ1) is 10.1. The quantitative estimate of drug-likeness (QED) is 0.866. The standard InChI is InChI=1S/C16H13ClN2O2/c17-11-6-7-14-13(10-11)15(20)8-9-19(14)16(21)18-12-4-2-1-3-5-12/h1-7,10H,8-9H2,(H,18,21). The molecule has 0 atom stereocenters. The Morgan fingerprint density at radius 3 is 2.67 bits per heavy atom. The lowest BCUT2D eigenvalue weighted by Crippen LogP contribution is -2.40. The lowest BCUT2D eigenvalue weighted by Gasteiger charge is -2.28. The zero-order valence-electron chi connectivity index (χ0n) is 11.2. The van der Waals surface area contributed by atoms with Gasteiger partial charge in [0.25, 0.3) is 0 Å². The monoisotopic (exact) mass is 300 g/mol. The van der Waals surface area contributed by atoms with Gasteiger partial charge >= 0.3 is 6.03 Å². The summed E-state index contributed by atoms with van der Waals surface area (Å²) in [5.74, 6) is 0.0104. The number of para-hydroxylation sites is 1. The minimum Gasteiger partial charge on any atom is -0.308 e. The molecule has 0 aliphatic carbocycles. The van der Waals surface area contributed by atoms with Crippen molar-refractivity contribution in [3.63, 3.8) is 0 Å². The van der Waals surface area contributed by atoms with E-state index in [0.29, 0.717) is 29.2 Å². The van der Waals surface area contributed by atoms with Crippen LogP contribution in [0.4, 0.5) is 16.2 Å². The van der Waals surface area contributed by atoms with Gasteiger partial charge in [-0.1, -0.05) is 29.8 Å². The first-order valence-electron chi connectivity index (χ1n) is 6.61. The highest BCUT2D eigenvalue weighted by Gasteiger charge is 2.27. The Hall–Kier alpha value is -2.33. The van der Waals surface area contributed by atoms with E-state index in [0.717, 1.165) is 5.69 Å². The summed E-state index contributed by atoms with van der Waals surface area (Å²) in [4.78, 5) is 25.9. The second kappa shape index (κ2) is 5.58. The molecule has 1 heterocycles. The van der Waals surface area contributed by atoms with Crippen molar-refractivity contribution in [2.45, 2.75) is 6.42 Å². The fourth-order valence-corrected chi connectivity index (χ4v) is 2.53. The fraction of sp³-hybridized carbons (Fsp3) is 0.125. The maximum atomic E-state index is 12.4. The van der Waals surface area contributed by atoms with Gasteiger partial charge in [-0.25, -0.2) is 4.79 Å². The minimum atomic E-state index is -0.253. The summed E-state index contributed by atoms with van der Waals surface area (Å²) < 4.78 is 0. The van der Waals surface area contributed by atoms with Crippen LogP contribution in [0.1, 0.15) is 16.8 Å². The van der Waals surface area contributed by atoms with E-state index in [1.165, 1.54) is 0 Å². The number of urea groups is 1. The average molecular weight is 301 g/mol. The van der Waals surface area contributed by atoms with Crippen molar-refractivity contribution in [1.29, 1.82) is 0 Å². The minimum absolute atomic E-state index is 0.0104. The summed E-state index contributed by atoms with van der Waals surface area (Å²) in [6.45, 7) is 0.367. The molecule has 21 heavy (non-hydrogen) atoms. The average Bonchev–Trinajstić information content (AvgIpc) is 2.49. The van der Waals surface area contributed by atoms with Crippen LogP contribution >= 0.6 is 11.6 Å².